The molecule has 1 aromatic carbocycles. The van der Waals surface area contributed by atoms with Crippen LogP contribution in [0, 0.1) is 31.6 Å². The molecule has 1 aliphatic heterocycles. The van der Waals surface area contributed by atoms with Crippen molar-refractivity contribution in [1.82, 2.24) is 4.90 Å². The Kier molecular flexibility index (Phi) is 14.2. The van der Waals surface area contributed by atoms with Gasteiger partial charge in [0.2, 0.25) is 0 Å². The van der Waals surface area contributed by atoms with Crippen molar-refractivity contribution in [2.24, 2.45) is 17.8 Å². The van der Waals surface area contributed by atoms with Crippen LogP contribution in [0.3, 0.4) is 0 Å². The molecule has 2 amide bonds. The van der Waals surface area contributed by atoms with Crippen molar-refractivity contribution < 1.29 is 9.59 Å². The highest BCUT2D eigenvalue weighted by molar-refractivity contribution is 7.27. The summed E-state index contributed by atoms with van der Waals surface area (Å²) in [5, 5.41) is 2.87. The molecule has 3 atom stereocenters. The minimum absolute atomic E-state index is 0.0720. The lowest BCUT2D eigenvalue weighted by Crippen LogP contribution is -2.34. The number of thiophene rings is 3. The summed E-state index contributed by atoms with van der Waals surface area (Å²) in [6.07, 6.45) is 19.2. The van der Waals surface area contributed by atoms with Gasteiger partial charge in [-0.3, -0.25) is 14.5 Å². The number of amides is 2. The van der Waals surface area contributed by atoms with Gasteiger partial charge in [-0.2, -0.15) is 0 Å². The molecule has 1 aliphatic rings. The number of nitrogens with zero attached hydrogens (tertiary/aromatic N) is 1. The van der Waals surface area contributed by atoms with Gasteiger partial charge >= 0.3 is 0 Å². The lowest BCUT2D eigenvalue weighted by molar-refractivity contribution is 0.0624. The fraction of sp³-hybridized carbons (Fsp3) is 0.636. The molecule has 4 aromatic rings. The molecule has 0 saturated carbocycles. The molecule has 0 bridgehead atoms. The molecule has 6 heteroatoms. The number of imide groups is 1. The van der Waals surface area contributed by atoms with Crippen molar-refractivity contribution >= 4 is 66.0 Å². The second-order valence-corrected chi connectivity index (χ2v) is 18.7. The zero-order valence-electron chi connectivity index (χ0n) is 32.4. The van der Waals surface area contributed by atoms with Crippen LogP contribution in [0.1, 0.15) is 173 Å². The fourth-order valence-corrected chi connectivity index (χ4v) is 12.0. The van der Waals surface area contributed by atoms with E-state index < -0.39 is 0 Å². The third-order valence-corrected chi connectivity index (χ3v) is 15.3. The molecule has 50 heavy (non-hydrogen) atoms. The minimum atomic E-state index is -0.0752. The Bertz CT molecular complexity index is 1680. The smallest absolute Gasteiger partial charge is 0.263 e. The summed E-state index contributed by atoms with van der Waals surface area (Å²) in [6.45, 7) is 18.6. The van der Waals surface area contributed by atoms with Crippen molar-refractivity contribution in [3.63, 3.8) is 0 Å². The van der Waals surface area contributed by atoms with Gasteiger partial charge in [-0.25, -0.2) is 0 Å². The van der Waals surface area contributed by atoms with Gasteiger partial charge in [-0.15, -0.1) is 34.0 Å². The lowest BCUT2D eigenvalue weighted by atomic mass is 9.88. The molecule has 0 N–H and O–H groups in total. The molecule has 0 radical (unpaired) electrons. The molecule has 5 rings (SSSR count). The Morgan fingerprint density at radius 3 is 1.64 bits per heavy atom. The largest absolute Gasteiger partial charge is 0.274 e. The number of hydrogen-bond acceptors (Lipinski definition) is 5. The number of fused-ring (bicyclic) bond motifs is 3. The van der Waals surface area contributed by atoms with Crippen molar-refractivity contribution in [1.29, 1.82) is 0 Å². The first kappa shape index (κ1) is 39.2. The van der Waals surface area contributed by atoms with Crippen molar-refractivity contribution in [3.05, 3.63) is 44.1 Å². The van der Waals surface area contributed by atoms with E-state index in [0.29, 0.717) is 23.6 Å². The standard InChI is InChI=1S/C44H63NO2S3/c1-9-15-18-30(12-4)21-23-33-35-25-28(7)48-40(35)34(24-22-31(13-5)19-16-10-2)36-26-37(50-41(33)36)42-39-38(29(8)49-42)43(46)45(44(39)47)27-32(14-6)20-17-11-3/h25-26,30-32H,9-24,27H2,1-8H3. The third kappa shape index (κ3) is 8.28. The van der Waals surface area contributed by atoms with E-state index in [1.165, 1.54) is 105 Å². The monoisotopic (exact) mass is 733 g/mol. The summed E-state index contributed by atoms with van der Waals surface area (Å²) in [7, 11) is 0. The van der Waals surface area contributed by atoms with E-state index in [1.807, 2.05) is 29.6 Å². The second-order valence-electron chi connectivity index (χ2n) is 15.2. The maximum absolute atomic E-state index is 14.2. The number of hydrogen-bond donors (Lipinski definition) is 0. The fourth-order valence-electron chi connectivity index (χ4n) is 8.33. The van der Waals surface area contributed by atoms with Gasteiger partial charge in [-0.1, -0.05) is 112 Å². The Labute approximate surface area is 315 Å². The Morgan fingerprint density at radius 1 is 0.600 bits per heavy atom. The van der Waals surface area contributed by atoms with E-state index in [1.54, 1.807) is 16.2 Å². The Balaban J connectivity index is 1.61. The van der Waals surface area contributed by atoms with Crippen LogP contribution >= 0.6 is 34.0 Å². The van der Waals surface area contributed by atoms with Crippen molar-refractivity contribution in [3.8, 4) is 9.75 Å². The first-order valence-electron chi connectivity index (χ1n) is 20.2. The topological polar surface area (TPSA) is 37.4 Å². The zero-order chi connectivity index (χ0) is 35.9. The quantitative estimate of drug-likeness (QED) is 0.0800. The summed E-state index contributed by atoms with van der Waals surface area (Å²) in [5.74, 6) is 1.72. The minimum Gasteiger partial charge on any atom is -0.274 e. The SMILES string of the molecule is CCCCC(CC)CCc1c2cc(-c3sc(C)c4c3C(=O)N(CC(CC)CCCC)C4=O)sc2c(CCC(CC)CCCC)c2cc(C)sc12. The lowest BCUT2D eigenvalue weighted by Gasteiger charge is -2.21. The van der Waals surface area contributed by atoms with Crippen LogP contribution in [0.4, 0.5) is 0 Å². The van der Waals surface area contributed by atoms with E-state index in [2.05, 4.69) is 60.6 Å². The van der Waals surface area contributed by atoms with E-state index >= 15 is 0 Å². The molecule has 3 unspecified atom stereocenters. The molecular formula is C44H63NO2S3. The van der Waals surface area contributed by atoms with E-state index in [4.69, 9.17) is 0 Å². The van der Waals surface area contributed by atoms with Crippen LogP contribution in [0.2, 0.25) is 0 Å². The van der Waals surface area contributed by atoms with Crippen LogP contribution in [-0.2, 0) is 12.8 Å². The maximum atomic E-state index is 14.2. The number of rotatable bonds is 21. The second kappa shape index (κ2) is 18.1. The highest BCUT2D eigenvalue weighted by atomic mass is 32.1. The average molecular weight is 734 g/mol. The van der Waals surface area contributed by atoms with Crippen LogP contribution < -0.4 is 0 Å². The summed E-state index contributed by atoms with van der Waals surface area (Å²) < 4.78 is 2.91. The van der Waals surface area contributed by atoms with Gasteiger partial charge < -0.3 is 0 Å². The summed E-state index contributed by atoms with van der Waals surface area (Å²) >= 11 is 5.54. The molecule has 0 spiro atoms. The zero-order valence-corrected chi connectivity index (χ0v) is 34.8. The van der Waals surface area contributed by atoms with Crippen LogP contribution in [-0.4, -0.2) is 23.3 Å². The number of aryl methyl sites for hydroxylation is 4. The van der Waals surface area contributed by atoms with Gasteiger partial charge in [0.05, 0.1) is 16.0 Å². The third-order valence-electron chi connectivity index (χ3n) is 11.7. The predicted octanol–water partition coefficient (Wildman–Crippen LogP) is 14.6. The number of benzene rings is 1. The number of carbonyl (C=O) groups is 2. The van der Waals surface area contributed by atoms with Crippen LogP contribution in [0.5, 0.6) is 0 Å². The van der Waals surface area contributed by atoms with Gasteiger partial charge in [-0.05, 0) is 97.7 Å². The molecule has 4 heterocycles. The van der Waals surface area contributed by atoms with Crippen LogP contribution in [0.15, 0.2) is 12.1 Å². The van der Waals surface area contributed by atoms with Crippen LogP contribution in [0.25, 0.3) is 29.9 Å². The Hall–Kier alpha value is -2.02. The van der Waals surface area contributed by atoms with E-state index in [9.17, 15) is 9.59 Å². The molecule has 0 aliphatic carbocycles. The number of carbonyl (C=O) groups excluding carboxylic acids is 2. The van der Waals surface area contributed by atoms with Gasteiger partial charge in [0, 0.05) is 30.6 Å². The first-order chi connectivity index (χ1) is 24.2. The first-order valence-corrected chi connectivity index (χ1v) is 22.6. The normalized spacial score (nSPS) is 15.2. The molecule has 3 aromatic heterocycles. The van der Waals surface area contributed by atoms with Gasteiger partial charge in [0.1, 0.15) is 0 Å². The summed E-state index contributed by atoms with van der Waals surface area (Å²) in [4.78, 5) is 34.2. The molecule has 0 saturated heterocycles. The van der Waals surface area contributed by atoms with Crippen molar-refractivity contribution in [2.75, 3.05) is 6.54 Å². The summed E-state index contributed by atoms with van der Waals surface area (Å²) in [6, 6.07) is 4.89. The molecular weight excluding hydrogens is 671 g/mol. The summed E-state index contributed by atoms with van der Waals surface area (Å²) in [5.41, 5.74) is 4.37. The molecule has 0 fully saturated rings. The maximum Gasteiger partial charge on any atom is 0.263 e. The number of unbranched alkanes of at least 4 members (excludes halogenated alkanes) is 3. The Morgan fingerprint density at radius 2 is 1.10 bits per heavy atom. The highest BCUT2D eigenvalue weighted by Crippen LogP contribution is 2.49. The van der Waals surface area contributed by atoms with Gasteiger partial charge in [0.15, 0.2) is 0 Å². The van der Waals surface area contributed by atoms with Gasteiger partial charge in [0.25, 0.3) is 11.8 Å². The van der Waals surface area contributed by atoms with E-state index in [-0.39, 0.29) is 11.8 Å². The predicted molar refractivity (Wildman–Crippen MR) is 222 cm³/mol. The van der Waals surface area contributed by atoms with Crippen molar-refractivity contribution in [2.45, 2.75) is 158 Å². The molecule has 274 valence electrons. The molecule has 3 nitrogen and oxygen atoms in total. The highest BCUT2D eigenvalue weighted by Gasteiger charge is 2.42. The average Bonchev–Trinajstić information content (AvgIpc) is 3.87. The van der Waals surface area contributed by atoms with E-state index in [0.717, 1.165) is 60.1 Å².